The van der Waals surface area contributed by atoms with Crippen molar-refractivity contribution in [2.24, 2.45) is 46.3 Å². The highest BCUT2D eigenvalue weighted by Crippen LogP contribution is 2.67. The predicted octanol–water partition coefficient (Wildman–Crippen LogP) is 14.9. The van der Waals surface area contributed by atoms with Gasteiger partial charge in [-0.15, -0.1) is 0 Å². The molecule has 5 rings (SSSR count). The van der Waals surface area contributed by atoms with E-state index < -0.39 is 0 Å². The monoisotopic (exact) mass is 950 g/mol. The highest BCUT2D eigenvalue weighted by Gasteiger charge is 2.59. The Morgan fingerprint density at radius 3 is 2.10 bits per heavy atom. The van der Waals surface area contributed by atoms with Gasteiger partial charge in [0.25, 0.3) is 0 Å². The van der Waals surface area contributed by atoms with Gasteiger partial charge in [-0.1, -0.05) is 147 Å². The van der Waals surface area contributed by atoms with Crippen LogP contribution < -0.4 is 0 Å². The number of ether oxygens (including phenoxy) is 6. The van der Waals surface area contributed by atoms with Gasteiger partial charge in [0.15, 0.2) is 0 Å². The fourth-order valence-electron chi connectivity index (χ4n) is 13.6. The Labute approximate surface area is 419 Å². The molecule has 0 aromatic heterocycles. The van der Waals surface area contributed by atoms with Crippen LogP contribution in [-0.2, 0) is 28.4 Å². The normalized spacial score (nSPS) is 28.3. The maximum atomic E-state index is 6.45. The van der Waals surface area contributed by atoms with Gasteiger partial charge in [-0.2, -0.15) is 0 Å². The summed E-state index contributed by atoms with van der Waals surface area (Å²) < 4.78 is 36.5. The van der Waals surface area contributed by atoms with Crippen molar-refractivity contribution < 1.29 is 28.4 Å². The SMILES string of the molecule is CCCCCC=CCC=CCCCCCCCCOCC(CN1CC=CCC1)OCCOCCOCCOCCO[C@H]1CC[C@@]2(C)C(=CC[C@H]3[C@@H]4CC[C@H]([C@H](C)CCCC(C)C)[C@@]4(C)CC[C@@H]32)C1. The zero-order chi connectivity index (χ0) is 48.1. The van der Waals surface area contributed by atoms with Gasteiger partial charge in [-0.05, 0) is 143 Å². The van der Waals surface area contributed by atoms with Crippen LogP contribution in [0, 0.1) is 46.3 Å². The lowest BCUT2D eigenvalue weighted by molar-refractivity contribution is -0.0697. The first-order valence-corrected chi connectivity index (χ1v) is 29.2. The molecule has 0 spiro atoms. The molecule has 1 unspecified atom stereocenters. The standard InChI is InChI=1S/C61H107NO6/c1-7-8-9-10-11-12-13-14-15-16-17-18-19-20-21-25-39-66-50-55(49-62-37-23-22-24-38-62)68-47-45-65-43-41-63-40-42-64-44-46-67-54-33-35-60(5)53(48-54)29-30-56-58-32-31-57(52(4)28-26-27-51(2)3)61(58,6)36-34-59(56)60/h11-12,14-15,22-23,29,51-52,54-59H,7-10,13,16-21,24-28,30-50H2,1-6H3/t52-,54+,55?,56+,57-,58+,59+,60+,61-/m1/s1. The Bertz CT molecular complexity index is 1430. The molecule has 68 heavy (non-hydrogen) atoms. The second-order valence-electron chi connectivity index (χ2n) is 23.0. The number of fused-ring (bicyclic) bond motifs is 5. The fraction of sp³-hybridized carbons (Fsp3) is 0.869. The number of unbranched alkanes of at least 4 members (excludes halogenated alkanes) is 9. The molecule has 1 heterocycles. The van der Waals surface area contributed by atoms with E-state index in [1.165, 1.54) is 128 Å². The average Bonchev–Trinajstić information content (AvgIpc) is 3.70. The van der Waals surface area contributed by atoms with Crippen molar-refractivity contribution in [3.8, 4) is 0 Å². The molecule has 0 bridgehead atoms. The lowest BCUT2D eigenvalue weighted by atomic mass is 9.47. The van der Waals surface area contributed by atoms with Crippen LogP contribution in [0.5, 0.6) is 0 Å². The lowest BCUT2D eigenvalue weighted by Crippen LogP contribution is -2.51. The van der Waals surface area contributed by atoms with Gasteiger partial charge in [0.05, 0.1) is 71.7 Å². The Hall–Kier alpha value is -1.32. The van der Waals surface area contributed by atoms with Gasteiger partial charge in [0.2, 0.25) is 0 Å². The predicted molar refractivity (Wildman–Crippen MR) is 285 cm³/mol. The first kappa shape index (κ1) is 57.6. The van der Waals surface area contributed by atoms with Crippen molar-refractivity contribution in [1.29, 1.82) is 0 Å². The molecule has 0 aromatic carbocycles. The van der Waals surface area contributed by atoms with Crippen LogP contribution in [0.25, 0.3) is 0 Å². The molecule has 9 atom stereocenters. The van der Waals surface area contributed by atoms with Crippen LogP contribution in [0.4, 0.5) is 0 Å². The molecule has 0 saturated heterocycles. The fourth-order valence-corrected chi connectivity index (χ4v) is 13.6. The molecule has 5 aliphatic rings. The summed E-state index contributed by atoms with van der Waals surface area (Å²) in [5.41, 5.74) is 2.65. The van der Waals surface area contributed by atoms with E-state index in [2.05, 4.69) is 89.0 Å². The first-order valence-electron chi connectivity index (χ1n) is 29.2. The third kappa shape index (κ3) is 19.9. The number of hydrogen-bond donors (Lipinski definition) is 0. The molecule has 3 fully saturated rings. The second-order valence-corrected chi connectivity index (χ2v) is 23.0. The Morgan fingerprint density at radius 2 is 1.38 bits per heavy atom. The van der Waals surface area contributed by atoms with Crippen molar-refractivity contribution in [3.63, 3.8) is 0 Å². The summed E-state index contributed by atoms with van der Waals surface area (Å²) in [6.45, 7) is 24.2. The number of rotatable bonds is 38. The maximum absolute atomic E-state index is 6.45. The molecular weight excluding hydrogens is 843 g/mol. The highest BCUT2D eigenvalue weighted by molar-refractivity contribution is 5.25. The van der Waals surface area contributed by atoms with Crippen molar-refractivity contribution >= 4 is 0 Å². The quantitative estimate of drug-likeness (QED) is 0.0451. The third-order valence-electron chi connectivity index (χ3n) is 17.6. The first-order chi connectivity index (χ1) is 33.2. The van der Waals surface area contributed by atoms with Gasteiger partial charge < -0.3 is 28.4 Å². The number of hydrogen-bond acceptors (Lipinski definition) is 7. The van der Waals surface area contributed by atoms with E-state index in [9.17, 15) is 0 Å². The lowest BCUT2D eigenvalue weighted by Gasteiger charge is -2.58. The molecular formula is C61H107NO6. The van der Waals surface area contributed by atoms with E-state index in [0.29, 0.717) is 76.4 Å². The van der Waals surface area contributed by atoms with E-state index in [1.54, 1.807) is 5.57 Å². The van der Waals surface area contributed by atoms with Crippen molar-refractivity contribution in [1.82, 2.24) is 4.90 Å². The van der Waals surface area contributed by atoms with E-state index >= 15 is 0 Å². The zero-order valence-electron chi connectivity index (χ0n) is 45.2. The highest BCUT2D eigenvalue weighted by atomic mass is 16.6. The second kappa shape index (κ2) is 33.4. The smallest absolute Gasteiger partial charge is 0.0936 e. The van der Waals surface area contributed by atoms with Gasteiger partial charge in [0.1, 0.15) is 0 Å². The molecule has 3 saturated carbocycles. The molecule has 0 aromatic rings. The minimum absolute atomic E-state index is 0.0641. The van der Waals surface area contributed by atoms with Crippen molar-refractivity contribution in [2.45, 2.75) is 208 Å². The average molecular weight is 951 g/mol. The summed E-state index contributed by atoms with van der Waals surface area (Å²) in [6, 6.07) is 0. The summed E-state index contributed by atoms with van der Waals surface area (Å²) in [5, 5.41) is 0. The van der Waals surface area contributed by atoms with E-state index in [1.807, 2.05) is 0 Å². The number of nitrogens with zero attached hydrogens (tertiary/aromatic N) is 1. The molecule has 7 nitrogen and oxygen atoms in total. The van der Waals surface area contributed by atoms with Crippen molar-refractivity contribution in [3.05, 3.63) is 48.1 Å². The van der Waals surface area contributed by atoms with E-state index in [0.717, 1.165) is 87.4 Å². The summed E-state index contributed by atoms with van der Waals surface area (Å²) in [4.78, 5) is 2.47. The summed E-state index contributed by atoms with van der Waals surface area (Å²) in [6.07, 6.45) is 48.2. The third-order valence-corrected chi connectivity index (χ3v) is 17.6. The van der Waals surface area contributed by atoms with Crippen molar-refractivity contribution in [2.75, 3.05) is 85.7 Å². The molecule has 392 valence electrons. The molecule has 7 heteroatoms. The zero-order valence-corrected chi connectivity index (χ0v) is 45.2. The molecule has 0 radical (unpaired) electrons. The Balaban J connectivity index is 0.838. The minimum Gasteiger partial charge on any atom is -0.379 e. The van der Waals surface area contributed by atoms with Gasteiger partial charge >= 0.3 is 0 Å². The van der Waals surface area contributed by atoms with Crippen LogP contribution in [0.15, 0.2) is 48.1 Å². The van der Waals surface area contributed by atoms with Crippen LogP contribution in [0.3, 0.4) is 0 Å². The van der Waals surface area contributed by atoms with Gasteiger partial charge in [0, 0.05) is 26.2 Å². The summed E-state index contributed by atoms with van der Waals surface area (Å²) in [5.74, 6) is 5.32. The largest absolute Gasteiger partial charge is 0.379 e. The topological polar surface area (TPSA) is 58.6 Å². The van der Waals surface area contributed by atoms with E-state index in [4.69, 9.17) is 28.4 Å². The van der Waals surface area contributed by atoms with Gasteiger partial charge in [-0.25, -0.2) is 0 Å². The Morgan fingerprint density at radius 1 is 0.676 bits per heavy atom. The minimum atomic E-state index is 0.0641. The van der Waals surface area contributed by atoms with Crippen LogP contribution in [-0.4, -0.2) is 103 Å². The maximum Gasteiger partial charge on any atom is 0.0936 e. The molecule has 0 amide bonds. The van der Waals surface area contributed by atoms with Crippen LogP contribution in [0.2, 0.25) is 0 Å². The van der Waals surface area contributed by atoms with Crippen LogP contribution >= 0.6 is 0 Å². The van der Waals surface area contributed by atoms with E-state index in [-0.39, 0.29) is 6.10 Å². The summed E-state index contributed by atoms with van der Waals surface area (Å²) in [7, 11) is 0. The molecule has 0 N–H and O–H groups in total. The van der Waals surface area contributed by atoms with Crippen LogP contribution in [0.1, 0.15) is 196 Å². The molecule has 1 aliphatic heterocycles. The Kier molecular flexibility index (Phi) is 28.3. The summed E-state index contributed by atoms with van der Waals surface area (Å²) >= 11 is 0. The molecule has 4 aliphatic carbocycles. The van der Waals surface area contributed by atoms with Gasteiger partial charge in [-0.3, -0.25) is 4.90 Å². The number of allylic oxidation sites excluding steroid dienone is 5.